The SMILES string of the molecule is CCC(Oc1ccccc1C)C(=O)NNC(=O)COc1cccc(C)c1C. The van der Waals surface area contributed by atoms with Crippen molar-refractivity contribution in [2.24, 2.45) is 0 Å². The summed E-state index contributed by atoms with van der Waals surface area (Å²) in [6, 6.07) is 13.1. The molecule has 0 aromatic heterocycles. The van der Waals surface area contributed by atoms with Gasteiger partial charge in [0.05, 0.1) is 0 Å². The molecule has 0 saturated carbocycles. The number of carbonyl (C=O) groups excluding carboxylic acids is 2. The molecule has 0 aliphatic rings. The van der Waals surface area contributed by atoms with Crippen molar-refractivity contribution in [2.75, 3.05) is 6.61 Å². The Morgan fingerprint density at radius 3 is 2.30 bits per heavy atom. The second-order valence-electron chi connectivity index (χ2n) is 6.30. The highest BCUT2D eigenvalue weighted by molar-refractivity contribution is 5.85. The first-order valence-electron chi connectivity index (χ1n) is 8.92. The number of para-hydroxylation sites is 1. The third-order valence-electron chi connectivity index (χ3n) is 4.26. The number of hydrogen-bond acceptors (Lipinski definition) is 4. The molecular weight excluding hydrogens is 344 g/mol. The summed E-state index contributed by atoms with van der Waals surface area (Å²) in [5.41, 5.74) is 7.75. The maximum atomic E-state index is 12.3. The van der Waals surface area contributed by atoms with E-state index in [9.17, 15) is 9.59 Å². The van der Waals surface area contributed by atoms with Gasteiger partial charge < -0.3 is 9.47 Å². The molecule has 2 aromatic carbocycles. The normalized spacial score (nSPS) is 11.4. The molecule has 6 nitrogen and oxygen atoms in total. The van der Waals surface area contributed by atoms with E-state index in [1.165, 1.54) is 0 Å². The minimum atomic E-state index is -0.702. The van der Waals surface area contributed by atoms with Gasteiger partial charge in [0, 0.05) is 0 Å². The van der Waals surface area contributed by atoms with Gasteiger partial charge >= 0.3 is 0 Å². The third kappa shape index (κ3) is 5.74. The number of benzene rings is 2. The highest BCUT2D eigenvalue weighted by atomic mass is 16.5. The summed E-state index contributed by atoms with van der Waals surface area (Å²) in [5.74, 6) is 0.422. The van der Waals surface area contributed by atoms with Crippen LogP contribution in [0.15, 0.2) is 42.5 Å². The molecule has 144 valence electrons. The zero-order chi connectivity index (χ0) is 19.8. The largest absolute Gasteiger partial charge is 0.483 e. The summed E-state index contributed by atoms with van der Waals surface area (Å²) < 4.78 is 11.3. The lowest BCUT2D eigenvalue weighted by Crippen LogP contribution is -2.49. The second kappa shape index (κ2) is 9.62. The predicted molar refractivity (Wildman–Crippen MR) is 104 cm³/mol. The van der Waals surface area contributed by atoms with Crippen LogP contribution in [0.4, 0.5) is 0 Å². The van der Waals surface area contributed by atoms with Gasteiger partial charge in [-0.3, -0.25) is 20.4 Å². The molecule has 1 unspecified atom stereocenters. The molecule has 1 atom stereocenters. The Balaban J connectivity index is 1.83. The van der Waals surface area contributed by atoms with E-state index in [0.29, 0.717) is 17.9 Å². The molecule has 0 heterocycles. The molecular formula is C21H26N2O4. The number of rotatable bonds is 7. The zero-order valence-corrected chi connectivity index (χ0v) is 16.2. The molecule has 2 N–H and O–H groups in total. The molecule has 0 spiro atoms. The number of hydrogen-bond donors (Lipinski definition) is 2. The topological polar surface area (TPSA) is 76.7 Å². The average molecular weight is 370 g/mol. The second-order valence-corrected chi connectivity index (χ2v) is 6.30. The molecule has 0 bridgehead atoms. The predicted octanol–water partition coefficient (Wildman–Crippen LogP) is 3.00. The van der Waals surface area contributed by atoms with E-state index in [1.54, 1.807) is 6.07 Å². The van der Waals surface area contributed by atoms with Crippen molar-refractivity contribution in [2.45, 2.75) is 40.2 Å². The summed E-state index contributed by atoms with van der Waals surface area (Å²) in [5, 5.41) is 0. The van der Waals surface area contributed by atoms with Crippen molar-refractivity contribution in [3.8, 4) is 11.5 Å². The van der Waals surface area contributed by atoms with Crippen molar-refractivity contribution >= 4 is 11.8 Å². The molecule has 27 heavy (non-hydrogen) atoms. The summed E-state index contributed by atoms with van der Waals surface area (Å²) in [4.78, 5) is 24.2. The fourth-order valence-corrected chi connectivity index (χ4v) is 2.44. The first kappa shape index (κ1) is 20.3. The fraction of sp³-hybridized carbons (Fsp3) is 0.333. The molecule has 0 aliphatic carbocycles. The first-order valence-corrected chi connectivity index (χ1v) is 8.92. The van der Waals surface area contributed by atoms with Crippen LogP contribution in [0.3, 0.4) is 0 Å². The number of amides is 2. The van der Waals surface area contributed by atoms with Crippen LogP contribution in [-0.4, -0.2) is 24.5 Å². The Morgan fingerprint density at radius 1 is 0.926 bits per heavy atom. The monoisotopic (exact) mass is 370 g/mol. The summed E-state index contributed by atoms with van der Waals surface area (Å²) in [6.07, 6.45) is -0.235. The minimum Gasteiger partial charge on any atom is -0.483 e. The number of hydrazine groups is 1. The Morgan fingerprint density at radius 2 is 1.59 bits per heavy atom. The van der Waals surface area contributed by atoms with Gasteiger partial charge in [0.2, 0.25) is 0 Å². The van der Waals surface area contributed by atoms with Crippen LogP contribution >= 0.6 is 0 Å². The lowest BCUT2D eigenvalue weighted by atomic mass is 10.1. The quantitative estimate of drug-likeness (QED) is 0.735. The van der Waals surface area contributed by atoms with Crippen LogP contribution in [0.5, 0.6) is 11.5 Å². The Kier molecular flexibility index (Phi) is 7.23. The van der Waals surface area contributed by atoms with Gasteiger partial charge in [-0.05, 0) is 56.0 Å². The van der Waals surface area contributed by atoms with E-state index in [-0.39, 0.29) is 6.61 Å². The van der Waals surface area contributed by atoms with Crippen molar-refractivity contribution < 1.29 is 19.1 Å². The van der Waals surface area contributed by atoms with Crippen LogP contribution < -0.4 is 20.3 Å². The Labute approximate surface area is 159 Å². The lowest BCUT2D eigenvalue weighted by Gasteiger charge is -2.19. The van der Waals surface area contributed by atoms with Gasteiger partial charge in [-0.1, -0.05) is 37.3 Å². The molecule has 6 heteroatoms. The molecule has 0 radical (unpaired) electrons. The highest BCUT2D eigenvalue weighted by Crippen LogP contribution is 2.20. The first-order chi connectivity index (χ1) is 12.9. The van der Waals surface area contributed by atoms with Crippen LogP contribution in [0, 0.1) is 20.8 Å². The summed E-state index contributed by atoms with van der Waals surface area (Å²) in [6.45, 7) is 7.46. The van der Waals surface area contributed by atoms with Gasteiger partial charge in [0.15, 0.2) is 12.7 Å². The smallest absolute Gasteiger partial charge is 0.279 e. The number of carbonyl (C=O) groups is 2. The molecule has 0 fully saturated rings. The number of nitrogens with one attached hydrogen (secondary N) is 2. The maximum absolute atomic E-state index is 12.3. The van der Waals surface area contributed by atoms with E-state index in [2.05, 4.69) is 10.9 Å². The minimum absolute atomic E-state index is 0.194. The van der Waals surface area contributed by atoms with Gasteiger partial charge in [-0.15, -0.1) is 0 Å². The van der Waals surface area contributed by atoms with E-state index >= 15 is 0 Å². The van der Waals surface area contributed by atoms with E-state index in [4.69, 9.17) is 9.47 Å². The standard InChI is InChI=1S/C21H26N2O4/c1-5-17(27-18-11-7-6-9-15(18)3)21(25)23-22-20(24)13-26-19-12-8-10-14(2)16(19)4/h6-12,17H,5,13H2,1-4H3,(H,22,24)(H,23,25). The van der Waals surface area contributed by atoms with Gasteiger partial charge in [-0.25, -0.2) is 0 Å². The van der Waals surface area contributed by atoms with E-state index in [1.807, 2.05) is 64.1 Å². The lowest BCUT2D eigenvalue weighted by molar-refractivity contribution is -0.134. The summed E-state index contributed by atoms with van der Waals surface area (Å²) >= 11 is 0. The van der Waals surface area contributed by atoms with Crippen LogP contribution in [0.1, 0.15) is 30.0 Å². The number of aryl methyl sites for hydroxylation is 2. The Bertz CT molecular complexity index is 805. The highest BCUT2D eigenvalue weighted by Gasteiger charge is 2.19. The molecule has 0 saturated heterocycles. The summed E-state index contributed by atoms with van der Waals surface area (Å²) in [7, 11) is 0. The average Bonchev–Trinajstić information content (AvgIpc) is 2.66. The maximum Gasteiger partial charge on any atom is 0.279 e. The van der Waals surface area contributed by atoms with Crippen molar-refractivity contribution in [3.05, 3.63) is 59.2 Å². The Hall–Kier alpha value is -3.02. The van der Waals surface area contributed by atoms with Crippen LogP contribution in [0.2, 0.25) is 0 Å². The van der Waals surface area contributed by atoms with Crippen molar-refractivity contribution in [1.82, 2.24) is 10.9 Å². The molecule has 2 aromatic rings. The molecule has 2 amide bonds. The van der Waals surface area contributed by atoms with Crippen LogP contribution in [0.25, 0.3) is 0 Å². The van der Waals surface area contributed by atoms with Crippen LogP contribution in [-0.2, 0) is 9.59 Å². The van der Waals surface area contributed by atoms with Gasteiger partial charge in [-0.2, -0.15) is 0 Å². The molecule has 0 aliphatic heterocycles. The van der Waals surface area contributed by atoms with Crippen molar-refractivity contribution in [1.29, 1.82) is 0 Å². The van der Waals surface area contributed by atoms with E-state index < -0.39 is 17.9 Å². The van der Waals surface area contributed by atoms with E-state index in [0.717, 1.165) is 16.7 Å². The zero-order valence-electron chi connectivity index (χ0n) is 16.2. The third-order valence-corrected chi connectivity index (χ3v) is 4.26. The fourth-order valence-electron chi connectivity index (χ4n) is 2.44. The number of ether oxygens (including phenoxy) is 2. The van der Waals surface area contributed by atoms with Gasteiger partial charge in [0.1, 0.15) is 11.5 Å². The molecule has 2 rings (SSSR count). The van der Waals surface area contributed by atoms with Gasteiger partial charge in [0.25, 0.3) is 11.8 Å². The van der Waals surface area contributed by atoms with Crippen molar-refractivity contribution in [3.63, 3.8) is 0 Å².